The van der Waals surface area contributed by atoms with Crippen molar-refractivity contribution in [3.63, 3.8) is 0 Å². The van der Waals surface area contributed by atoms with Crippen LogP contribution in [0.15, 0.2) is 0 Å². The van der Waals surface area contributed by atoms with Crippen molar-refractivity contribution in [2.24, 2.45) is 0 Å². The Bertz CT molecular complexity index is 430. The fourth-order valence-corrected chi connectivity index (χ4v) is 6.79. The lowest BCUT2D eigenvalue weighted by Crippen LogP contribution is -2.42. The lowest BCUT2D eigenvalue weighted by atomic mass is 9.86. The molecule has 0 aromatic heterocycles. The number of hydrogen-bond acceptors (Lipinski definition) is 6. The summed E-state index contributed by atoms with van der Waals surface area (Å²) < 4.78 is 39.1. The Balaban J connectivity index is 2.78. The third-order valence-electron chi connectivity index (χ3n) is 3.78. The molecule has 1 N–H and O–H groups in total. The Hall–Kier alpha value is 1.26. The van der Waals surface area contributed by atoms with Crippen LogP contribution in [-0.2, 0) is 22.7 Å². The second-order valence-electron chi connectivity index (χ2n) is 5.41. The zero-order chi connectivity index (χ0) is 15.8. The molecule has 1 rings (SSSR count). The van der Waals surface area contributed by atoms with Gasteiger partial charge in [0.1, 0.15) is 5.60 Å². The minimum atomic E-state index is -3.21. The molecule has 1 aliphatic rings. The van der Waals surface area contributed by atoms with Gasteiger partial charge in [-0.25, -0.2) is 4.57 Å². The highest BCUT2D eigenvalue weighted by Gasteiger charge is 2.50. The molecule has 6 unspecified atom stereocenters. The van der Waals surface area contributed by atoms with Gasteiger partial charge in [-0.1, -0.05) is 0 Å². The molecule has 6 atom stereocenters. The van der Waals surface area contributed by atoms with Crippen molar-refractivity contribution in [1.82, 2.24) is 0 Å². The highest BCUT2D eigenvalue weighted by molar-refractivity contribution is 9.39. The Labute approximate surface area is 135 Å². The van der Waals surface area contributed by atoms with Crippen LogP contribution < -0.4 is 0 Å². The molecule has 0 bridgehead atoms. The van der Waals surface area contributed by atoms with E-state index in [1.54, 1.807) is 27.7 Å². The van der Waals surface area contributed by atoms with E-state index < -0.39 is 30.3 Å². The van der Waals surface area contributed by atoms with Crippen molar-refractivity contribution in [2.75, 3.05) is 0 Å². The van der Waals surface area contributed by atoms with E-state index in [1.165, 1.54) is 0 Å². The molecule has 1 saturated heterocycles. The lowest BCUT2D eigenvalue weighted by Gasteiger charge is -2.35. The van der Waals surface area contributed by atoms with Gasteiger partial charge in [0.05, 0.1) is 17.8 Å². The fourth-order valence-electron chi connectivity index (χ4n) is 1.92. The monoisotopic (exact) mass is 456 g/mol. The Morgan fingerprint density at radius 2 is 2.20 bits per heavy atom. The molecule has 6 nitrogen and oxygen atoms in total. The molecule has 0 saturated carbocycles. The Morgan fingerprint density at radius 1 is 1.65 bits per heavy atom. The second kappa shape index (κ2) is 6.79. The first-order chi connectivity index (χ1) is 8.90. The van der Waals surface area contributed by atoms with Crippen molar-refractivity contribution >= 4 is 44.0 Å². The van der Waals surface area contributed by atoms with E-state index in [4.69, 9.17) is 13.6 Å². The largest absolute Gasteiger partial charge is 0.397 e. The van der Waals surface area contributed by atoms with E-state index in [9.17, 15) is 14.2 Å². The summed E-state index contributed by atoms with van der Waals surface area (Å²) in [6.07, 6.45) is -3.58. The molecule has 0 aromatic rings. The lowest BCUT2D eigenvalue weighted by molar-refractivity contribution is -0.0481. The summed E-state index contributed by atoms with van der Waals surface area (Å²) in [5.41, 5.74) is -1.74. The average Bonchev–Trinajstić information content (AvgIpc) is 2.44. The van der Waals surface area contributed by atoms with Crippen LogP contribution >= 0.6 is 44.0 Å². The first-order valence-corrected chi connectivity index (χ1v) is 13.3. The van der Waals surface area contributed by atoms with Gasteiger partial charge in [-0.2, -0.15) is 0 Å². The maximum atomic E-state index is 11.8. The van der Waals surface area contributed by atoms with Gasteiger partial charge in [-0.3, -0.25) is 13.6 Å². The molecule has 1 fully saturated rings. The first kappa shape index (κ1) is 19.3. The molecule has 0 spiro atoms. The molecular formula is C10H20Br2O6P2. The van der Waals surface area contributed by atoms with Gasteiger partial charge in [0, 0.05) is 31.0 Å². The van der Waals surface area contributed by atoms with Crippen LogP contribution in [0, 0.1) is 0 Å². The van der Waals surface area contributed by atoms with E-state index in [0.29, 0.717) is 12.8 Å². The predicted molar refractivity (Wildman–Crippen MR) is 84.9 cm³/mol. The van der Waals surface area contributed by atoms with Crippen LogP contribution in [-0.4, -0.2) is 28.5 Å². The van der Waals surface area contributed by atoms with Gasteiger partial charge in [0.25, 0.3) is 6.73 Å². The molecule has 10 heteroatoms. The van der Waals surface area contributed by atoms with Crippen LogP contribution in [0.1, 0.15) is 40.5 Å². The number of halogens is 2. The molecule has 120 valence electrons. The van der Waals surface area contributed by atoms with E-state index in [0.717, 1.165) is 0 Å². The summed E-state index contributed by atoms with van der Waals surface area (Å²) in [5.74, 6) is 0. The number of rotatable bonds is 6. The van der Waals surface area contributed by atoms with Gasteiger partial charge in [0.15, 0.2) is 0 Å². The third kappa shape index (κ3) is 4.88. The highest BCUT2D eigenvalue weighted by Crippen LogP contribution is 2.66. The van der Waals surface area contributed by atoms with Crippen LogP contribution in [0.4, 0.5) is 0 Å². The van der Waals surface area contributed by atoms with E-state index in [1.807, 2.05) is 0 Å². The molecule has 20 heavy (non-hydrogen) atoms. The highest BCUT2D eigenvalue weighted by atomic mass is 79.9. The zero-order valence-corrected chi connectivity index (χ0v) is 16.8. The SMILES string of the molecule is CC(O)C(C)(CCC1(C)OP(=O)(Br)OC1C)O[PH](=O)Br. The number of aliphatic hydroxyl groups excluding tert-OH is 1. The Kier molecular flexibility index (Phi) is 6.56. The van der Waals surface area contributed by atoms with Crippen molar-refractivity contribution in [3.8, 4) is 0 Å². The van der Waals surface area contributed by atoms with Gasteiger partial charge in [-0.05, 0) is 40.5 Å². The summed E-state index contributed by atoms with van der Waals surface area (Å²) >= 11 is 5.81. The van der Waals surface area contributed by atoms with Crippen LogP contribution in [0.3, 0.4) is 0 Å². The van der Waals surface area contributed by atoms with Gasteiger partial charge in [-0.15, -0.1) is 0 Å². The quantitative estimate of drug-likeness (QED) is 0.595. The van der Waals surface area contributed by atoms with Crippen molar-refractivity contribution in [1.29, 1.82) is 0 Å². The summed E-state index contributed by atoms with van der Waals surface area (Å²) in [4.78, 5) is 0. The van der Waals surface area contributed by atoms with Crippen LogP contribution in [0.2, 0.25) is 0 Å². The number of aliphatic hydroxyl groups is 1. The topological polar surface area (TPSA) is 82.1 Å². The zero-order valence-electron chi connectivity index (χ0n) is 11.8. The maximum Gasteiger partial charge on any atom is 0.397 e. The summed E-state index contributed by atoms with van der Waals surface area (Å²) in [7, 11) is 0. The fraction of sp³-hybridized carbons (Fsp3) is 1.00. The summed E-state index contributed by atoms with van der Waals surface area (Å²) in [6, 6.07) is 0. The molecule has 0 aliphatic carbocycles. The minimum Gasteiger partial charge on any atom is -0.390 e. The van der Waals surface area contributed by atoms with E-state index in [-0.39, 0.29) is 6.10 Å². The smallest absolute Gasteiger partial charge is 0.390 e. The van der Waals surface area contributed by atoms with Crippen LogP contribution in [0.5, 0.6) is 0 Å². The standard InChI is InChI=1S/C10H20Br2O6P2/c1-7(13)9(3,17-19(11)14)5-6-10(4)8(2)16-20(12,15)18-10/h7-8,13,19H,5-6H2,1-4H3. The minimum absolute atomic E-state index is 0.369. The molecule has 0 radical (unpaired) electrons. The molecule has 0 aromatic carbocycles. The van der Waals surface area contributed by atoms with Crippen LogP contribution in [0.25, 0.3) is 0 Å². The van der Waals surface area contributed by atoms with E-state index >= 15 is 0 Å². The van der Waals surface area contributed by atoms with Crippen molar-refractivity contribution in [3.05, 3.63) is 0 Å². The van der Waals surface area contributed by atoms with Crippen molar-refractivity contribution < 1.29 is 27.8 Å². The van der Waals surface area contributed by atoms with Gasteiger partial charge in [0.2, 0.25) is 0 Å². The maximum absolute atomic E-state index is 11.8. The van der Waals surface area contributed by atoms with Crippen molar-refractivity contribution in [2.45, 2.75) is 63.9 Å². The first-order valence-electron chi connectivity index (χ1n) is 6.16. The molecule has 0 amide bonds. The molecule has 1 aliphatic heterocycles. The normalized spacial score (nSPS) is 40.2. The number of hydrogen-bond donors (Lipinski definition) is 1. The molecular weight excluding hydrogens is 438 g/mol. The predicted octanol–water partition coefficient (Wildman–Crippen LogP) is 4.40. The third-order valence-corrected chi connectivity index (χ3v) is 7.03. The summed E-state index contributed by atoms with van der Waals surface area (Å²) in [6.45, 7) is 4.45. The van der Waals surface area contributed by atoms with Gasteiger partial charge < -0.3 is 9.63 Å². The van der Waals surface area contributed by atoms with Gasteiger partial charge >= 0.3 is 6.30 Å². The second-order valence-corrected chi connectivity index (χ2v) is 11.9. The average molecular weight is 458 g/mol. The summed E-state index contributed by atoms with van der Waals surface area (Å²) in [5, 5.41) is 9.84. The molecule has 1 heterocycles. The Morgan fingerprint density at radius 3 is 2.55 bits per heavy atom. The van der Waals surface area contributed by atoms with E-state index in [2.05, 4.69) is 31.0 Å².